The first kappa shape index (κ1) is 20.1. The number of aliphatic hydroxyl groups is 1. The molecule has 0 amide bonds. The minimum atomic E-state index is -1.00. The number of benzene rings is 3. The van der Waals surface area contributed by atoms with Crippen molar-refractivity contribution < 1.29 is 15.0 Å². The fourth-order valence-corrected chi connectivity index (χ4v) is 4.30. The van der Waals surface area contributed by atoms with Crippen molar-refractivity contribution in [2.45, 2.75) is 37.7 Å². The Kier molecular flexibility index (Phi) is 5.08. The van der Waals surface area contributed by atoms with Crippen molar-refractivity contribution in [2.24, 2.45) is 0 Å². The lowest BCUT2D eigenvalue weighted by Crippen LogP contribution is -2.38. The largest absolute Gasteiger partial charge is 0.478 e. The van der Waals surface area contributed by atoms with Gasteiger partial charge in [0.15, 0.2) is 0 Å². The Balaban J connectivity index is 1.73. The Morgan fingerprint density at radius 1 is 0.833 bits per heavy atom. The van der Waals surface area contributed by atoms with Crippen LogP contribution in [0.2, 0.25) is 0 Å². The van der Waals surface area contributed by atoms with E-state index in [0.717, 1.165) is 28.7 Å². The van der Waals surface area contributed by atoms with Crippen LogP contribution in [0.1, 0.15) is 64.9 Å². The first-order chi connectivity index (χ1) is 14.3. The molecule has 0 aliphatic heterocycles. The van der Waals surface area contributed by atoms with Crippen molar-refractivity contribution in [1.29, 1.82) is 0 Å². The molecule has 3 nitrogen and oxygen atoms in total. The van der Waals surface area contributed by atoms with Crippen LogP contribution in [0.15, 0.2) is 72.8 Å². The van der Waals surface area contributed by atoms with Crippen LogP contribution in [0.4, 0.5) is 0 Å². The minimum Gasteiger partial charge on any atom is -0.478 e. The highest BCUT2D eigenvalue weighted by Crippen LogP contribution is 2.48. The van der Waals surface area contributed by atoms with Gasteiger partial charge in [0.1, 0.15) is 5.60 Å². The lowest BCUT2D eigenvalue weighted by molar-refractivity contribution is 0.0496. The van der Waals surface area contributed by atoms with Gasteiger partial charge in [-0.25, -0.2) is 4.79 Å². The summed E-state index contributed by atoms with van der Waals surface area (Å²) in [5.74, 6) is -0.928. The van der Waals surface area contributed by atoms with E-state index in [-0.39, 0.29) is 11.0 Å². The second kappa shape index (κ2) is 7.58. The molecule has 0 aromatic heterocycles. The number of aromatic carboxylic acids is 1. The summed E-state index contributed by atoms with van der Waals surface area (Å²) in [5.41, 5.74) is 4.28. The van der Waals surface area contributed by atoms with E-state index in [2.05, 4.69) is 32.0 Å². The van der Waals surface area contributed by atoms with E-state index < -0.39 is 11.6 Å². The highest BCUT2D eigenvalue weighted by Gasteiger charge is 2.42. The quantitative estimate of drug-likeness (QED) is 0.541. The molecule has 1 aliphatic rings. The zero-order valence-corrected chi connectivity index (χ0v) is 17.3. The highest BCUT2D eigenvalue weighted by atomic mass is 16.4. The van der Waals surface area contributed by atoms with Gasteiger partial charge in [-0.15, -0.1) is 0 Å². The Hall–Kier alpha value is -3.17. The molecular formula is C27H26O3. The molecule has 0 spiro atoms. The van der Waals surface area contributed by atoms with Crippen LogP contribution in [0.5, 0.6) is 0 Å². The zero-order chi connectivity index (χ0) is 21.4. The maximum atomic E-state index is 11.7. The molecule has 3 heteroatoms. The van der Waals surface area contributed by atoms with E-state index in [1.807, 2.05) is 42.5 Å². The Labute approximate surface area is 177 Å². The normalized spacial score (nSPS) is 20.1. The maximum Gasteiger partial charge on any atom is 0.335 e. The molecule has 0 fully saturated rings. The predicted octanol–water partition coefficient (Wildman–Crippen LogP) is 5.86. The van der Waals surface area contributed by atoms with Crippen molar-refractivity contribution >= 4 is 18.1 Å². The summed E-state index contributed by atoms with van der Waals surface area (Å²) in [5, 5.41) is 20.8. The van der Waals surface area contributed by atoms with E-state index >= 15 is 0 Å². The van der Waals surface area contributed by atoms with Gasteiger partial charge in [-0.1, -0.05) is 80.6 Å². The van der Waals surface area contributed by atoms with Crippen LogP contribution in [-0.2, 0) is 11.0 Å². The zero-order valence-electron chi connectivity index (χ0n) is 17.3. The molecule has 0 bridgehead atoms. The van der Waals surface area contributed by atoms with Gasteiger partial charge in [0.25, 0.3) is 0 Å². The Morgan fingerprint density at radius 2 is 1.47 bits per heavy atom. The molecule has 0 saturated heterocycles. The van der Waals surface area contributed by atoms with Gasteiger partial charge in [-0.2, -0.15) is 0 Å². The third-order valence-corrected chi connectivity index (χ3v) is 6.21. The van der Waals surface area contributed by atoms with E-state index in [9.17, 15) is 9.90 Å². The first-order valence-corrected chi connectivity index (χ1v) is 10.2. The average molecular weight is 399 g/mol. The van der Waals surface area contributed by atoms with Crippen molar-refractivity contribution in [3.8, 4) is 0 Å². The molecule has 30 heavy (non-hydrogen) atoms. The highest BCUT2D eigenvalue weighted by molar-refractivity contribution is 5.88. The molecular weight excluding hydrogens is 372 g/mol. The number of fused-ring (bicyclic) bond motifs is 1. The predicted molar refractivity (Wildman–Crippen MR) is 120 cm³/mol. The van der Waals surface area contributed by atoms with Gasteiger partial charge in [0.2, 0.25) is 0 Å². The van der Waals surface area contributed by atoms with Gasteiger partial charge in [0.05, 0.1) is 5.56 Å². The summed E-state index contributed by atoms with van der Waals surface area (Å²) in [7, 11) is 0. The Morgan fingerprint density at radius 3 is 2.13 bits per heavy atom. The number of carbonyl (C=O) groups is 1. The maximum absolute atomic E-state index is 11.7. The van der Waals surface area contributed by atoms with E-state index in [1.165, 1.54) is 5.56 Å². The summed E-state index contributed by atoms with van der Waals surface area (Å²) in [4.78, 5) is 11.0. The van der Waals surface area contributed by atoms with Crippen molar-refractivity contribution in [1.82, 2.24) is 0 Å². The molecule has 0 radical (unpaired) electrons. The van der Waals surface area contributed by atoms with E-state index in [4.69, 9.17) is 5.11 Å². The lowest BCUT2D eigenvalue weighted by atomic mass is 9.64. The minimum absolute atomic E-state index is 0.00521. The van der Waals surface area contributed by atoms with Crippen molar-refractivity contribution in [2.75, 3.05) is 0 Å². The Bertz CT molecular complexity index is 1090. The van der Waals surface area contributed by atoms with Gasteiger partial charge in [0, 0.05) is 0 Å². The van der Waals surface area contributed by atoms with Gasteiger partial charge in [-0.05, 0) is 64.3 Å². The average Bonchev–Trinajstić information content (AvgIpc) is 2.76. The van der Waals surface area contributed by atoms with E-state index in [1.54, 1.807) is 24.3 Å². The number of hydrogen-bond donors (Lipinski definition) is 2. The second-order valence-corrected chi connectivity index (χ2v) is 8.68. The summed E-state index contributed by atoms with van der Waals surface area (Å²) in [6.45, 7) is 4.46. The van der Waals surface area contributed by atoms with Gasteiger partial charge in [-0.3, -0.25) is 0 Å². The molecule has 0 saturated carbocycles. The summed E-state index contributed by atoms with van der Waals surface area (Å²) >= 11 is 0. The molecule has 0 heterocycles. The molecule has 1 unspecified atom stereocenters. The first-order valence-electron chi connectivity index (χ1n) is 10.2. The van der Waals surface area contributed by atoms with Crippen LogP contribution >= 0.6 is 0 Å². The number of carboxylic acids is 1. The summed E-state index contributed by atoms with van der Waals surface area (Å²) in [6, 6.07) is 23.0. The molecule has 4 rings (SSSR count). The fraction of sp³-hybridized carbons (Fsp3) is 0.222. The SMILES string of the molecule is CC1(C)CCC(O)(c2ccccc2)c2cc(/C=C/c3ccc(C(=O)O)cc3)ccc21. The summed E-state index contributed by atoms with van der Waals surface area (Å²) in [6.07, 6.45) is 5.56. The number of carboxylic acid groups (broad SMARTS) is 1. The van der Waals surface area contributed by atoms with Crippen LogP contribution in [0.3, 0.4) is 0 Å². The van der Waals surface area contributed by atoms with Crippen molar-refractivity contribution in [3.05, 3.63) is 106 Å². The smallest absolute Gasteiger partial charge is 0.335 e. The lowest BCUT2D eigenvalue weighted by Gasteiger charge is -2.43. The van der Waals surface area contributed by atoms with Crippen LogP contribution in [-0.4, -0.2) is 16.2 Å². The van der Waals surface area contributed by atoms with Gasteiger partial charge < -0.3 is 10.2 Å². The van der Waals surface area contributed by atoms with Crippen LogP contribution in [0, 0.1) is 0 Å². The monoisotopic (exact) mass is 398 g/mol. The topological polar surface area (TPSA) is 57.5 Å². The van der Waals surface area contributed by atoms with Gasteiger partial charge >= 0.3 is 5.97 Å². The fourth-order valence-electron chi connectivity index (χ4n) is 4.30. The molecule has 1 atom stereocenters. The molecule has 2 N–H and O–H groups in total. The van der Waals surface area contributed by atoms with E-state index in [0.29, 0.717) is 6.42 Å². The molecule has 152 valence electrons. The van der Waals surface area contributed by atoms with Crippen LogP contribution in [0.25, 0.3) is 12.2 Å². The third-order valence-electron chi connectivity index (χ3n) is 6.21. The second-order valence-electron chi connectivity index (χ2n) is 8.68. The van der Waals surface area contributed by atoms with Crippen LogP contribution < -0.4 is 0 Å². The standard InChI is InChI=1S/C27H26O3/c1-26(2)16-17-27(30,22-6-4-3-5-7-22)24-18-20(12-15-23(24)26)9-8-19-10-13-21(14-11-19)25(28)29/h3-15,18,30H,16-17H2,1-2H3,(H,28,29)/b9-8+. The van der Waals surface area contributed by atoms with Crippen molar-refractivity contribution in [3.63, 3.8) is 0 Å². The number of hydrogen-bond acceptors (Lipinski definition) is 2. The molecule has 3 aromatic carbocycles. The number of rotatable bonds is 4. The molecule has 1 aliphatic carbocycles. The third kappa shape index (κ3) is 3.69. The molecule has 3 aromatic rings. The summed E-state index contributed by atoms with van der Waals surface area (Å²) < 4.78 is 0.